The van der Waals surface area contributed by atoms with Crippen molar-refractivity contribution in [1.82, 2.24) is 31.9 Å². The van der Waals surface area contributed by atoms with Crippen LogP contribution in [0.3, 0.4) is 0 Å². The summed E-state index contributed by atoms with van der Waals surface area (Å²) >= 11 is 2.97. The Morgan fingerprint density at radius 3 is 0.846 bits per heavy atom. The monoisotopic (exact) mass is 992 g/mol. The number of amides is 6. The minimum atomic E-state index is -1.63. The fourth-order valence-corrected chi connectivity index (χ4v) is 6.62. The van der Waals surface area contributed by atoms with E-state index in [4.69, 9.17) is 5.11 Å². The van der Waals surface area contributed by atoms with Crippen molar-refractivity contribution >= 4 is 81.2 Å². The van der Waals surface area contributed by atoms with Crippen molar-refractivity contribution in [3.8, 4) is 0 Å². The number of hydrogen-bond donors (Lipinski definition) is 11. The van der Waals surface area contributed by atoms with Crippen molar-refractivity contribution in [2.75, 3.05) is 18.4 Å². The third kappa shape index (κ3) is 33.8. The van der Waals surface area contributed by atoms with Gasteiger partial charge in [0.05, 0.1) is 5.33 Å². The molecule has 11 N–H and O–H groups in total. The highest BCUT2D eigenvalue weighted by molar-refractivity contribution is 9.09. The summed E-state index contributed by atoms with van der Waals surface area (Å²) in [6.07, 6.45) is 10.9. The number of alkyl halides is 1. The van der Waals surface area contributed by atoms with Crippen molar-refractivity contribution in [1.29, 1.82) is 0 Å². The van der Waals surface area contributed by atoms with Gasteiger partial charge in [-0.2, -0.15) is 0 Å². The molecule has 65 heavy (non-hydrogen) atoms. The molecule has 0 radical (unpaired) electrons. The van der Waals surface area contributed by atoms with Crippen LogP contribution in [0.5, 0.6) is 0 Å². The predicted molar refractivity (Wildman–Crippen MR) is 237 cm³/mol. The highest BCUT2D eigenvalue weighted by Crippen LogP contribution is 2.14. The summed E-state index contributed by atoms with van der Waals surface area (Å²) in [6.45, 7) is 0.224. The molecule has 22 nitrogen and oxygen atoms in total. The molecule has 370 valence electrons. The van der Waals surface area contributed by atoms with Gasteiger partial charge in [-0.3, -0.25) is 33.6 Å². The van der Waals surface area contributed by atoms with E-state index in [0.29, 0.717) is 6.42 Å². The summed E-state index contributed by atoms with van der Waals surface area (Å²) in [7, 11) is 0. The minimum absolute atomic E-state index is 0.0783. The van der Waals surface area contributed by atoms with Crippen molar-refractivity contribution < 1.29 is 78.3 Å². The molecule has 0 aromatic heterocycles. The molecule has 0 aliphatic carbocycles. The van der Waals surface area contributed by atoms with E-state index < -0.39 is 116 Å². The van der Waals surface area contributed by atoms with Crippen molar-refractivity contribution in [2.24, 2.45) is 0 Å². The van der Waals surface area contributed by atoms with E-state index in [1.165, 1.54) is 12.8 Å². The van der Waals surface area contributed by atoms with Gasteiger partial charge in [0, 0.05) is 51.6 Å². The summed E-state index contributed by atoms with van der Waals surface area (Å²) in [5, 5.41) is 60.8. The standard InChI is InChI=1S/C42H69BrN6O16/c43-27-37(55)45-26-25-44-32(50)21-17-28(39(58)59)47-34(52)23-19-30(41(62)63)49-36(54)24-20-31(42(64)65)48-35(53)22-18-29(40(60)61)46-33(51)15-13-11-9-7-5-3-1-2-4-6-8-10-12-14-16-38(56)57/h28-31H,1-27H2,(H,44,50)(H,45,55)(H,46,51)(H,47,52)(H,48,53)(H,49,54)(H,56,57)(H,58,59)(H,60,61)(H,62,63)(H,64,65)/t28-,29-,30-,31-/m0/s1. The lowest BCUT2D eigenvalue weighted by molar-refractivity contribution is -0.144. The summed E-state index contributed by atoms with van der Waals surface area (Å²) < 4.78 is 0. The van der Waals surface area contributed by atoms with Gasteiger partial charge in [-0.15, -0.1) is 0 Å². The van der Waals surface area contributed by atoms with Gasteiger partial charge in [-0.1, -0.05) is 93.0 Å². The second-order valence-corrected chi connectivity index (χ2v) is 16.2. The summed E-state index contributed by atoms with van der Waals surface area (Å²) in [4.78, 5) is 131. The quantitative estimate of drug-likeness (QED) is 0.0309. The third-order valence-corrected chi connectivity index (χ3v) is 10.6. The van der Waals surface area contributed by atoms with Crippen LogP contribution < -0.4 is 31.9 Å². The Hall–Kier alpha value is -5.35. The van der Waals surface area contributed by atoms with Gasteiger partial charge in [-0.25, -0.2) is 19.2 Å². The number of aliphatic carboxylic acids is 5. The SMILES string of the molecule is O=C(O)CCCCCCCCCCCCCCCCC(=O)N[C@@H](CCC(=O)N[C@@H](CCC(=O)N[C@@H](CCC(=O)N[C@@H](CCC(=O)NCCNC(=O)CBr)C(=O)O)C(=O)O)C(=O)O)C(=O)O. The minimum Gasteiger partial charge on any atom is -0.481 e. The number of unbranched alkanes of at least 4 members (excludes halogenated alkanes) is 13. The van der Waals surface area contributed by atoms with Crippen LogP contribution in [0.1, 0.15) is 154 Å². The zero-order valence-corrected chi connectivity index (χ0v) is 38.6. The second kappa shape index (κ2) is 36.9. The Kier molecular flexibility index (Phi) is 33.9. The highest BCUT2D eigenvalue weighted by Gasteiger charge is 2.27. The van der Waals surface area contributed by atoms with E-state index in [9.17, 15) is 73.2 Å². The van der Waals surface area contributed by atoms with Crippen LogP contribution in [-0.4, -0.2) is 133 Å². The Balaban J connectivity index is 4.56. The molecular formula is C42H69BrN6O16. The van der Waals surface area contributed by atoms with E-state index >= 15 is 0 Å². The number of halogens is 1. The largest absolute Gasteiger partial charge is 0.481 e. The number of carboxylic acid groups (broad SMARTS) is 5. The lowest BCUT2D eigenvalue weighted by atomic mass is 10.0. The number of nitrogens with one attached hydrogen (secondary N) is 6. The number of carbonyl (C=O) groups is 11. The van der Waals surface area contributed by atoms with E-state index in [0.717, 1.165) is 70.6 Å². The molecule has 0 saturated heterocycles. The molecular weight excluding hydrogens is 924 g/mol. The fourth-order valence-electron chi connectivity index (χ4n) is 6.42. The first-order valence-electron chi connectivity index (χ1n) is 22.3. The molecule has 0 aromatic rings. The molecule has 0 aromatic carbocycles. The summed E-state index contributed by atoms with van der Waals surface area (Å²) in [5.41, 5.74) is 0. The first-order chi connectivity index (χ1) is 30.9. The van der Waals surface area contributed by atoms with Crippen molar-refractivity contribution in [3.63, 3.8) is 0 Å². The maximum atomic E-state index is 12.6. The van der Waals surface area contributed by atoms with Crippen LogP contribution >= 0.6 is 15.9 Å². The van der Waals surface area contributed by atoms with Gasteiger partial charge in [0.2, 0.25) is 35.4 Å². The number of rotatable bonds is 41. The van der Waals surface area contributed by atoms with E-state index in [1.807, 2.05) is 0 Å². The van der Waals surface area contributed by atoms with Crippen molar-refractivity contribution in [2.45, 2.75) is 178 Å². The molecule has 0 aliphatic heterocycles. The van der Waals surface area contributed by atoms with E-state index in [-0.39, 0.29) is 56.4 Å². The van der Waals surface area contributed by atoms with Gasteiger partial charge < -0.3 is 57.4 Å². The first kappa shape index (κ1) is 59.6. The van der Waals surface area contributed by atoms with Crippen LogP contribution in [-0.2, 0) is 52.7 Å². The second-order valence-electron chi connectivity index (χ2n) is 15.7. The van der Waals surface area contributed by atoms with Crippen LogP contribution in [0.2, 0.25) is 0 Å². The van der Waals surface area contributed by atoms with Gasteiger partial charge in [0.25, 0.3) is 0 Å². The molecule has 0 aliphatic rings. The molecule has 0 bridgehead atoms. The topological polar surface area (TPSA) is 361 Å². The van der Waals surface area contributed by atoms with Gasteiger partial charge >= 0.3 is 29.8 Å². The molecule has 0 saturated carbocycles. The molecule has 0 unspecified atom stereocenters. The zero-order valence-electron chi connectivity index (χ0n) is 37.0. The van der Waals surface area contributed by atoms with Gasteiger partial charge in [0.1, 0.15) is 24.2 Å². The smallest absolute Gasteiger partial charge is 0.326 e. The predicted octanol–water partition coefficient (Wildman–Crippen LogP) is 2.34. The lowest BCUT2D eigenvalue weighted by Gasteiger charge is -2.18. The molecule has 0 fully saturated rings. The molecule has 0 spiro atoms. The maximum Gasteiger partial charge on any atom is 0.326 e. The molecule has 23 heteroatoms. The first-order valence-corrected chi connectivity index (χ1v) is 23.4. The maximum absolute atomic E-state index is 12.6. The number of carbonyl (C=O) groups excluding carboxylic acids is 6. The number of hydrogen-bond acceptors (Lipinski definition) is 11. The normalized spacial score (nSPS) is 12.6. The molecule has 0 rings (SSSR count). The van der Waals surface area contributed by atoms with Crippen LogP contribution in [0.15, 0.2) is 0 Å². The zero-order chi connectivity index (χ0) is 49.0. The third-order valence-electron chi connectivity index (χ3n) is 10.1. The highest BCUT2D eigenvalue weighted by atomic mass is 79.9. The van der Waals surface area contributed by atoms with E-state index in [1.54, 1.807) is 0 Å². The average Bonchev–Trinajstić information content (AvgIpc) is 3.24. The molecule has 0 heterocycles. The fraction of sp³-hybridized carbons (Fsp3) is 0.738. The Morgan fingerprint density at radius 1 is 0.323 bits per heavy atom. The number of carboxylic acids is 5. The van der Waals surface area contributed by atoms with Crippen LogP contribution in [0.25, 0.3) is 0 Å². The Morgan fingerprint density at radius 2 is 0.569 bits per heavy atom. The Labute approximate surface area is 387 Å². The molecule has 6 amide bonds. The Bertz CT molecular complexity index is 1550. The summed E-state index contributed by atoms with van der Waals surface area (Å²) in [6, 6.07) is -6.15. The summed E-state index contributed by atoms with van der Waals surface area (Å²) in [5.74, 6) is -10.7. The lowest BCUT2D eigenvalue weighted by Crippen LogP contribution is -2.45. The van der Waals surface area contributed by atoms with Gasteiger partial charge in [-0.05, 0) is 38.5 Å². The molecule has 4 atom stereocenters. The van der Waals surface area contributed by atoms with Gasteiger partial charge in [0.15, 0.2) is 0 Å². The van der Waals surface area contributed by atoms with Crippen LogP contribution in [0, 0.1) is 0 Å². The van der Waals surface area contributed by atoms with Crippen molar-refractivity contribution in [3.05, 3.63) is 0 Å². The average molecular weight is 994 g/mol. The van der Waals surface area contributed by atoms with Crippen LogP contribution in [0.4, 0.5) is 0 Å². The van der Waals surface area contributed by atoms with E-state index in [2.05, 4.69) is 47.8 Å².